The van der Waals surface area contributed by atoms with Crippen LogP contribution in [0, 0.1) is 0 Å². The maximum atomic E-state index is 5.76. The summed E-state index contributed by atoms with van der Waals surface area (Å²) in [6, 6.07) is 9.65. The van der Waals surface area contributed by atoms with Crippen LogP contribution in [0.3, 0.4) is 0 Å². The Balaban J connectivity index is 2.06. The van der Waals surface area contributed by atoms with E-state index in [0.717, 1.165) is 11.3 Å². The second kappa shape index (κ2) is 5.73. The molecule has 0 fully saturated rings. The molecule has 0 aliphatic heterocycles. The van der Waals surface area contributed by atoms with Gasteiger partial charge in [0.25, 0.3) is 5.89 Å². The molecule has 0 unspecified atom stereocenters. The van der Waals surface area contributed by atoms with Crippen LogP contribution in [0.5, 0.6) is 0 Å². The Morgan fingerprint density at radius 3 is 2.48 bits per heavy atom. The highest BCUT2D eigenvalue weighted by atomic mass is 79.9. The summed E-state index contributed by atoms with van der Waals surface area (Å²) in [5.74, 6) is 1.07. The van der Waals surface area contributed by atoms with Gasteiger partial charge in [-0.15, -0.1) is 10.2 Å². The van der Waals surface area contributed by atoms with Crippen LogP contribution >= 0.6 is 15.9 Å². The molecule has 0 N–H and O–H groups in total. The van der Waals surface area contributed by atoms with E-state index in [4.69, 9.17) is 4.42 Å². The molecule has 2 heterocycles. The molecule has 0 saturated heterocycles. The van der Waals surface area contributed by atoms with Crippen LogP contribution < -0.4 is 0 Å². The lowest BCUT2D eigenvalue weighted by Gasteiger charge is -2.07. The molecule has 0 atom stereocenters. The highest BCUT2D eigenvalue weighted by molar-refractivity contribution is 9.10. The quantitative estimate of drug-likeness (QED) is 0.716. The minimum atomic E-state index is 0.215. The Bertz CT molecular complexity index is 755. The van der Waals surface area contributed by atoms with Gasteiger partial charge in [0.2, 0.25) is 5.89 Å². The third kappa shape index (κ3) is 2.85. The molecule has 0 radical (unpaired) electrons. The maximum Gasteiger partial charge on any atom is 0.268 e. The Labute approximate surface area is 130 Å². The van der Waals surface area contributed by atoms with E-state index in [0.29, 0.717) is 22.1 Å². The van der Waals surface area contributed by atoms with Crippen molar-refractivity contribution >= 4 is 15.9 Å². The summed E-state index contributed by atoms with van der Waals surface area (Å²) in [6.45, 7) is 4.10. The number of hydrogen-bond acceptors (Lipinski definition) is 5. The number of benzene rings is 1. The molecule has 0 aliphatic carbocycles. The lowest BCUT2D eigenvalue weighted by molar-refractivity contribution is 0.579. The van der Waals surface area contributed by atoms with E-state index in [1.807, 2.05) is 30.3 Å². The highest BCUT2D eigenvalue weighted by Gasteiger charge is 2.18. The molecule has 1 aromatic carbocycles. The number of halogens is 1. The molecule has 0 spiro atoms. The number of aromatic nitrogens is 4. The van der Waals surface area contributed by atoms with Gasteiger partial charge in [-0.05, 0) is 34.0 Å². The predicted molar refractivity (Wildman–Crippen MR) is 82.5 cm³/mol. The van der Waals surface area contributed by atoms with Crippen LogP contribution in [0.2, 0.25) is 0 Å². The zero-order chi connectivity index (χ0) is 14.8. The predicted octanol–water partition coefficient (Wildman–Crippen LogP) is 4.08. The Morgan fingerprint density at radius 1 is 1.05 bits per heavy atom. The van der Waals surface area contributed by atoms with Crippen LogP contribution in [0.1, 0.15) is 25.5 Å². The fraction of sp³-hybridized carbons (Fsp3) is 0.200. The molecule has 3 aromatic rings. The molecular formula is C15H13BrN4O. The molecule has 6 heteroatoms. The number of nitrogens with zero attached hydrogens (tertiary/aromatic N) is 4. The Kier molecular flexibility index (Phi) is 3.79. The van der Waals surface area contributed by atoms with E-state index in [1.54, 1.807) is 6.20 Å². The van der Waals surface area contributed by atoms with Crippen molar-refractivity contribution in [3.8, 4) is 23.0 Å². The van der Waals surface area contributed by atoms with Crippen LogP contribution in [-0.2, 0) is 0 Å². The Hall–Kier alpha value is -2.08. The van der Waals surface area contributed by atoms with Gasteiger partial charge in [0.15, 0.2) is 5.69 Å². The summed E-state index contributed by atoms with van der Waals surface area (Å²) in [4.78, 5) is 8.83. The third-order valence-corrected chi connectivity index (χ3v) is 3.35. The van der Waals surface area contributed by atoms with E-state index in [1.165, 1.54) is 0 Å². The first-order chi connectivity index (χ1) is 10.1. The van der Waals surface area contributed by atoms with Crippen LogP contribution in [0.25, 0.3) is 23.0 Å². The molecule has 2 aromatic heterocycles. The van der Waals surface area contributed by atoms with Crippen LogP contribution in [-0.4, -0.2) is 20.2 Å². The second-order valence-electron chi connectivity index (χ2n) is 4.86. The van der Waals surface area contributed by atoms with Gasteiger partial charge in [-0.1, -0.05) is 32.0 Å². The summed E-state index contributed by atoms with van der Waals surface area (Å²) in [5, 5.41) is 8.20. The summed E-state index contributed by atoms with van der Waals surface area (Å²) in [7, 11) is 0. The van der Waals surface area contributed by atoms with Gasteiger partial charge in [-0.25, -0.2) is 4.98 Å². The van der Waals surface area contributed by atoms with Gasteiger partial charge in [-0.2, -0.15) is 0 Å². The van der Waals surface area contributed by atoms with E-state index in [9.17, 15) is 0 Å². The molecule has 5 nitrogen and oxygen atoms in total. The molecule has 0 amide bonds. The van der Waals surface area contributed by atoms with E-state index in [-0.39, 0.29) is 5.92 Å². The van der Waals surface area contributed by atoms with Crippen molar-refractivity contribution < 1.29 is 4.42 Å². The van der Waals surface area contributed by atoms with Gasteiger partial charge in [0, 0.05) is 5.56 Å². The fourth-order valence-corrected chi connectivity index (χ4v) is 2.25. The lowest BCUT2D eigenvalue weighted by atomic mass is 10.1. The summed E-state index contributed by atoms with van der Waals surface area (Å²) >= 11 is 3.33. The highest BCUT2D eigenvalue weighted by Crippen LogP contribution is 2.28. The van der Waals surface area contributed by atoms with Crippen molar-refractivity contribution in [1.82, 2.24) is 20.2 Å². The minimum Gasteiger partial charge on any atom is -0.415 e. The number of hydrogen-bond donors (Lipinski definition) is 0. The smallest absolute Gasteiger partial charge is 0.268 e. The first-order valence-corrected chi connectivity index (χ1v) is 7.36. The van der Waals surface area contributed by atoms with Crippen LogP contribution in [0.4, 0.5) is 0 Å². The molecule has 0 saturated carbocycles. The summed E-state index contributed by atoms with van der Waals surface area (Å²) < 4.78 is 6.40. The normalized spacial score (nSPS) is 11.0. The van der Waals surface area contributed by atoms with Crippen molar-refractivity contribution in [2.75, 3.05) is 0 Å². The first kappa shape index (κ1) is 13.9. The lowest BCUT2D eigenvalue weighted by Crippen LogP contribution is -2.00. The van der Waals surface area contributed by atoms with E-state index < -0.39 is 0 Å². The second-order valence-corrected chi connectivity index (χ2v) is 5.67. The first-order valence-electron chi connectivity index (χ1n) is 6.57. The van der Waals surface area contributed by atoms with Gasteiger partial charge in [-0.3, -0.25) is 4.98 Å². The van der Waals surface area contributed by atoms with Crippen molar-refractivity contribution in [1.29, 1.82) is 0 Å². The van der Waals surface area contributed by atoms with Crippen molar-refractivity contribution in [2.24, 2.45) is 0 Å². The zero-order valence-corrected chi connectivity index (χ0v) is 13.2. The average Bonchev–Trinajstić information content (AvgIpc) is 2.97. The molecular weight excluding hydrogens is 332 g/mol. The van der Waals surface area contributed by atoms with Crippen LogP contribution in [0.15, 0.2) is 45.5 Å². The fourth-order valence-electron chi connectivity index (χ4n) is 1.97. The summed E-state index contributed by atoms with van der Waals surface area (Å²) in [6.07, 6.45) is 1.67. The van der Waals surface area contributed by atoms with E-state index in [2.05, 4.69) is 49.9 Å². The van der Waals surface area contributed by atoms with Gasteiger partial charge in [0.05, 0.1) is 11.9 Å². The molecule has 0 aliphatic rings. The monoisotopic (exact) mass is 344 g/mol. The molecule has 3 rings (SSSR count). The topological polar surface area (TPSA) is 64.7 Å². The number of rotatable bonds is 3. The standard InChI is InChI=1S/C15H13BrN4O/c1-9(2)12-13(18-11(16)8-17-12)15-20-19-14(21-15)10-6-4-3-5-7-10/h3-9H,1-2H3. The average molecular weight is 345 g/mol. The molecule has 106 valence electrons. The minimum absolute atomic E-state index is 0.215. The largest absolute Gasteiger partial charge is 0.415 e. The van der Waals surface area contributed by atoms with Crippen molar-refractivity contribution in [3.63, 3.8) is 0 Å². The SMILES string of the molecule is CC(C)c1ncc(Br)nc1-c1nnc(-c2ccccc2)o1. The summed E-state index contributed by atoms with van der Waals surface area (Å²) in [5.41, 5.74) is 2.33. The van der Waals surface area contributed by atoms with Crippen molar-refractivity contribution in [3.05, 3.63) is 46.8 Å². The van der Waals surface area contributed by atoms with Gasteiger partial charge >= 0.3 is 0 Å². The Morgan fingerprint density at radius 2 is 1.76 bits per heavy atom. The van der Waals surface area contributed by atoms with Gasteiger partial charge < -0.3 is 4.42 Å². The molecule has 0 bridgehead atoms. The van der Waals surface area contributed by atoms with E-state index >= 15 is 0 Å². The van der Waals surface area contributed by atoms with Crippen molar-refractivity contribution in [2.45, 2.75) is 19.8 Å². The zero-order valence-electron chi connectivity index (χ0n) is 11.6. The third-order valence-electron chi connectivity index (χ3n) is 2.97. The maximum absolute atomic E-state index is 5.76. The van der Waals surface area contributed by atoms with Gasteiger partial charge in [0.1, 0.15) is 4.60 Å². The molecule has 21 heavy (non-hydrogen) atoms.